The molecular weight excluding hydrogens is 258 g/mol. The maximum atomic E-state index is 12.1. The minimum Gasteiger partial charge on any atom is -0.493 e. The van der Waals surface area contributed by atoms with E-state index in [-0.39, 0.29) is 0 Å². The Labute approximate surface area is 120 Å². The van der Waals surface area contributed by atoms with Gasteiger partial charge < -0.3 is 19.9 Å². The molecule has 0 atom stereocenters. The van der Waals surface area contributed by atoms with Gasteiger partial charge in [-0.15, -0.1) is 0 Å². The monoisotopic (exact) mass is 281 g/mol. The highest BCUT2D eigenvalue weighted by molar-refractivity contribution is 5.96. The number of hydrogen-bond acceptors (Lipinski definition) is 5. The Morgan fingerprint density at radius 1 is 1.15 bits per heavy atom. The van der Waals surface area contributed by atoms with E-state index in [2.05, 4.69) is 13.8 Å². The number of benzene rings is 1. The smallest absolute Gasteiger partial charge is 0.340 e. The molecule has 0 saturated carbocycles. The van der Waals surface area contributed by atoms with Crippen LogP contribution in [0.2, 0.25) is 0 Å². The van der Waals surface area contributed by atoms with Gasteiger partial charge in [0, 0.05) is 12.1 Å². The van der Waals surface area contributed by atoms with Crippen LogP contribution in [0.5, 0.6) is 11.5 Å². The Bertz CT molecular complexity index is 455. The minimum absolute atomic E-state index is 0.300. The third kappa shape index (κ3) is 3.79. The van der Waals surface area contributed by atoms with Crippen LogP contribution >= 0.6 is 0 Å². The highest BCUT2D eigenvalue weighted by atomic mass is 16.5. The van der Waals surface area contributed by atoms with Crippen molar-refractivity contribution in [3.63, 3.8) is 0 Å². The molecule has 0 aliphatic rings. The molecule has 0 fully saturated rings. The van der Waals surface area contributed by atoms with E-state index in [0.29, 0.717) is 35.3 Å². The molecule has 0 radical (unpaired) electrons. The first-order valence-corrected chi connectivity index (χ1v) is 6.75. The minimum atomic E-state index is -0.435. The third-order valence-corrected chi connectivity index (χ3v) is 3.38. The lowest BCUT2D eigenvalue weighted by atomic mass is 10.1. The first kappa shape index (κ1) is 16.1. The van der Waals surface area contributed by atoms with Crippen LogP contribution in [-0.4, -0.2) is 26.8 Å². The van der Waals surface area contributed by atoms with Crippen molar-refractivity contribution in [2.45, 2.75) is 26.7 Å². The van der Waals surface area contributed by atoms with Crippen LogP contribution in [0, 0.1) is 5.92 Å². The fourth-order valence-corrected chi connectivity index (χ4v) is 1.87. The average Bonchev–Trinajstić information content (AvgIpc) is 2.47. The second-order valence-corrected chi connectivity index (χ2v) is 4.58. The number of ether oxygens (including phenoxy) is 3. The molecule has 0 aliphatic heterocycles. The van der Waals surface area contributed by atoms with Gasteiger partial charge in [-0.25, -0.2) is 4.79 Å². The largest absolute Gasteiger partial charge is 0.493 e. The van der Waals surface area contributed by atoms with Crippen molar-refractivity contribution >= 4 is 11.7 Å². The normalized spacial score (nSPS) is 10.4. The predicted molar refractivity (Wildman–Crippen MR) is 78.3 cm³/mol. The number of rotatable bonds is 7. The van der Waals surface area contributed by atoms with Gasteiger partial charge in [0.15, 0.2) is 11.5 Å². The standard InChI is InChI=1S/C15H23NO4/c1-5-10(6-2)9-20-15(17)11-7-13(18-3)14(19-4)8-12(11)16/h7-8,10H,5-6,9,16H2,1-4H3. The molecule has 0 spiro atoms. The van der Waals surface area contributed by atoms with E-state index in [1.54, 1.807) is 12.1 Å². The van der Waals surface area contributed by atoms with Crippen molar-refractivity contribution in [3.05, 3.63) is 17.7 Å². The molecule has 5 nitrogen and oxygen atoms in total. The van der Waals surface area contributed by atoms with Gasteiger partial charge in [-0.1, -0.05) is 26.7 Å². The summed E-state index contributed by atoms with van der Waals surface area (Å²) in [6.45, 7) is 4.55. The van der Waals surface area contributed by atoms with Crippen LogP contribution in [0.3, 0.4) is 0 Å². The van der Waals surface area contributed by atoms with Crippen LogP contribution in [0.1, 0.15) is 37.0 Å². The SMILES string of the molecule is CCC(CC)COC(=O)c1cc(OC)c(OC)cc1N. The Morgan fingerprint density at radius 3 is 2.20 bits per heavy atom. The molecule has 0 unspecified atom stereocenters. The quantitative estimate of drug-likeness (QED) is 0.614. The first-order valence-electron chi connectivity index (χ1n) is 6.75. The molecule has 0 heterocycles. The van der Waals surface area contributed by atoms with E-state index in [0.717, 1.165) is 12.8 Å². The molecule has 0 aliphatic carbocycles. The molecule has 0 amide bonds. The van der Waals surface area contributed by atoms with Gasteiger partial charge in [0.2, 0.25) is 0 Å². The number of nitrogens with two attached hydrogens (primary N) is 1. The van der Waals surface area contributed by atoms with Crippen LogP contribution in [0.15, 0.2) is 12.1 Å². The highest BCUT2D eigenvalue weighted by Gasteiger charge is 2.17. The van der Waals surface area contributed by atoms with Crippen molar-refractivity contribution in [1.29, 1.82) is 0 Å². The van der Waals surface area contributed by atoms with Gasteiger partial charge in [0.1, 0.15) is 0 Å². The maximum Gasteiger partial charge on any atom is 0.340 e. The maximum absolute atomic E-state index is 12.1. The molecule has 0 bridgehead atoms. The Hall–Kier alpha value is -1.91. The summed E-state index contributed by atoms with van der Waals surface area (Å²) in [6.07, 6.45) is 1.95. The van der Waals surface area contributed by atoms with Crippen LogP contribution in [0.25, 0.3) is 0 Å². The first-order chi connectivity index (χ1) is 9.57. The summed E-state index contributed by atoms with van der Waals surface area (Å²) >= 11 is 0. The Morgan fingerprint density at radius 2 is 1.70 bits per heavy atom. The number of hydrogen-bond donors (Lipinski definition) is 1. The Balaban J connectivity index is 2.87. The van der Waals surface area contributed by atoms with E-state index in [4.69, 9.17) is 19.9 Å². The fourth-order valence-electron chi connectivity index (χ4n) is 1.87. The van der Waals surface area contributed by atoms with Crippen molar-refractivity contribution in [1.82, 2.24) is 0 Å². The Kier molecular flexibility index (Phi) is 6.15. The number of methoxy groups -OCH3 is 2. The van der Waals surface area contributed by atoms with Gasteiger partial charge in [-0.3, -0.25) is 0 Å². The summed E-state index contributed by atoms with van der Waals surface area (Å²) in [5.74, 6) is 0.883. The zero-order valence-electron chi connectivity index (χ0n) is 12.6. The van der Waals surface area contributed by atoms with E-state index in [1.807, 2.05) is 0 Å². The van der Waals surface area contributed by atoms with E-state index >= 15 is 0 Å². The topological polar surface area (TPSA) is 70.8 Å². The molecule has 0 saturated heterocycles. The second kappa shape index (κ2) is 7.62. The lowest BCUT2D eigenvalue weighted by Gasteiger charge is -2.15. The summed E-state index contributed by atoms with van der Waals surface area (Å²) in [7, 11) is 3.02. The van der Waals surface area contributed by atoms with E-state index in [9.17, 15) is 4.79 Å². The van der Waals surface area contributed by atoms with Crippen molar-refractivity contribution in [2.24, 2.45) is 5.92 Å². The molecule has 1 rings (SSSR count). The molecule has 5 heteroatoms. The number of carbonyl (C=O) groups excluding carboxylic acids is 1. The predicted octanol–water partition coefficient (Wildman–Crippen LogP) is 2.88. The molecule has 2 N–H and O–H groups in total. The highest BCUT2D eigenvalue weighted by Crippen LogP contribution is 2.32. The van der Waals surface area contributed by atoms with Crippen molar-refractivity contribution in [3.8, 4) is 11.5 Å². The molecule has 0 aromatic heterocycles. The molecule has 1 aromatic rings. The van der Waals surface area contributed by atoms with E-state index in [1.165, 1.54) is 14.2 Å². The lowest BCUT2D eigenvalue weighted by molar-refractivity contribution is 0.0434. The van der Waals surface area contributed by atoms with Gasteiger partial charge in [-0.05, 0) is 5.92 Å². The molecule has 112 valence electrons. The number of carbonyl (C=O) groups is 1. The summed E-state index contributed by atoms with van der Waals surface area (Å²) in [6, 6.07) is 3.11. The van der Waals surface area contributed by atoms with Gasteiger partial charge in [0.25, 0.3) is 0 Å². The summed E-state index contributed by atoms with van der Waals surface area (Å²) in [4.78, 5) is 12.1. The molecular formula is C15H23NO4. The summed E-state index contributed by atoms with van der Waals surface area (Å²) < 4.78 is 15.6. The van der Waals surface area contributed by atoms with Crippen LogP contribution in [0.4, 0.5) is 5.69 Å². The van der Waals surface area contributed by atoms with Gasteiger partial charge in [-0.2, -0.15) is 0 Å². The third-order valence-electron chi connectivity index (χ3n) is 3.38. The summed E-state index contributed by atoms with van der Waals surface area (Å²) in [5, 5.41) is 0. The van der Waals surface area contributed by atoms with Crippen molar-refractivity contribution in [2.75, 3.05) is 26.6 Å². The number of anilines is 1. The van der Waals surface area contributed by atoms with Gasteiger partial charge in [0.05, 0.1) is 32.1 Å². The molecule has 20 heavy (non-hydrogen) atoms. The average molecular weight is 281 g/mol. The van der Waals surface area contributed by atoms with E-state index < -0.39 is 5.97 Å². The zero-order chi connectivity index (χ0) is 15.1. The fraction of sp³-hybridized carbons (Fsp3) is 0.533. The van der Waals surface area contributed by atoms with Crippen LogP contribution in [-0.2, 0) is 4.74 Å². The molecule has 1 aromatic carbocycles. The van der Waals surface area contributed by atoms with Gasteiger partial charge >= 0.3 is 5.97 Å². The number of esters is 1. The van der Waals surface area contributed by atoms with Crippen LogP contribution < -0.4 is 15.2 Å². The second-order valence-electron chi connectivity index (χ2n) is 4.58. The summed E-state index contributed by atoms with van der Waals surface area (Å²) in [5.41, 5.74) is 6.47. The number of nitrogen functional groups attached to an aromatic ring is 1. The zero-order valence-corrected chi connectivity index (χ0v) is 12.6. The lowest BCUT2D eigenvalue weighted by Crippen LogP contribution is -2.15. The van der Waals surface area contributed by atoms with Crippen molar-refractivity contribution < 1.29 is 19.0 Å².